The standard InChI is InChI=1S/C21H20N2O.C20H19N3/c24-21-13-11-18(12-14-21)15-22-23(16-19-7-3-1-4-8-19)17-20-9-5-2-6-10-20;1-3-9-18(10-4-1)16-23(17-19-11-5-2-6-12-19)22-15-20-13-7-8-14-21-20/h1-15,24H,16-17H2;1-15H,16-17H2. The first-order chi connectivity index (χ1) is 23.2. The Bertz CT molecular complexity index is 1680. The van der Waals surface area contributed by atoms with Gasteiger partial charge in [0.2, 0.25) is 0 Å². The second-order valence-corrected chi connectivity index (χ2v) is 10.9. The summed E-state index contributed by atoms with van der Waals surface area (Å²) in [5.41, 5.74) is 6.73. The summed E-state index contributed by atoms with van der Waals surface area (Å²) in [4.78, 5) is 4.29. The van der Waals surface area contributed by atoms with Crippen LogP contribution in [0.2, 0.25) is 0 Å². The Morgan fingerprint density at radius 1 is 0.447 bits per heavy atom. The quantitative estimate of drug-likeness (QED) is 0.110. The van der Waals surface area contributed by atoms with Gasteiger partial charge in [-0.3, -0.25) is 15.0 Å². The van der Waals surface area contributed by atoms with Gasteiger partial charge < -0.3 is 5.11 Å². The van der Waals surface area contributed by atoms with Gasteiger partial charge in [0.25, 0.3) is 0 Å². The lowest BCUT2D eigenvalue weighted by Crippen LogP contribution is -2.17. The molecule has 0 amide bonds. The SMILES string of the molecule is C(=NN(Cc1ccccc1)Cc1ccccc1)c1ccccn1.Oc1ccc(C=NN(Cc2ccccc2)Cc2ccccc2)cc1. The number of hydrazone groups is 2. The lowest BCUT2D eigenvalue weighted by Gasteiger charge is -2.19. The molecule has 6 aromatic rings. The Hall–Kier alpha value is -6.01. The first-order valence-electron chi connectivity index (χ1n) is 15.6. The molecule has 234 valence electrons. The minimum absolute atomic E-state index is 0.262. The maximum atomic E-state index is 9.37. The van der Waals surface area contributed by atoms with Crippen LogP contribution < -0.4 is 0 Å². The van der Waals surface area contributed by atoms with Crippen molar-refractivity contribution in [3.05, 3.63) is 203 Å². The molecule has 0 aliphatic carbocycles. The molecule has 5 aromatic carbocycles. The summed E-state index contributed by atoms with van der Waals surface area (Å²) in [5.74, 6) is 0.262. The Morgan fingerprint density at radius 3 is 1.21 bits per heavy atom. The van der Waals surface area contributed by atoms with Crippen LogP contribution in [0.5, 0.6) is 5.75 Å². The van der Waals surface area contributed by atoms with Gasteiger partial charge in [-0.15, -0.1) is 0 Å². The number of hydrogen-bond acceptors (Lipinski definition) is 6. The van der Waals surface area contributed by atoms with Crippen LogP contribution in [-0.2, 0) is 26.2 Å². The third-order valence-electron chi connectivity index (χ3n) is 7.14. The second-order valence-electron chi connectivity index (χ2n) is 10.9. The molecule has 0 radical (unpaired) electrons. The Labute approximate surface area is 277 Å². The van der Waals surface area contributed by atoms with Crippen molar-refractivity contribution in [1.82, 2.24) is 15.0 Å². The van der Waals surface area contributed by atoms with E-state index in [0.29, 0.717) is 0 Å². The summed E-state index contributed by atoms with van der Waals surface area (Å²) in [6.45, 7) is 3.01. The molecule has 0 atom stereocenters. The van der Waals surface area contributed by atoms with E-state index in [-0.39, 0.29) is 5.75 Å². The van der Waals surface area contributed by atoms with Gasteiger partial charge in [0.1, 0.15) is 5.75 Å². The monoisotopic (exact) mass is 617 g/mol. The molecule has 0 spiro atoms. The average molecular weight is 618 g/mol. The van der Waals surface area contributed by atoms with Crippen molar-refractivity contribution in [3.63, 3.8) is 0 Å². The number of pyridine rings is 1. The number of aromatic nitrogens is 1. The van der Waals surface area contributed by atoms with E-state index in [4.69, 9.17) is 0 Å². The third kappa shape index (κ3) is 11.8. The predicted octanol–water partition coefficient (Wildman–Crippen LogP) is 8.55. The third-order valence-corrected chi connectivity index (χ3v) is 7.14. The Balaban J connectivity index is 0.000000185. The van der Waals surface area contributed by atoms with Crippen LogP contribution in [0.3, 0.4) is 0 Å². The molecular formula is C41H39N5O. The number of nitrogens with zero attached hydrogens (tertiary/aromatic N) is 5. The fourth-order valence-corrected chi connectivity index (χ4v) is 4.75. The van der Waals surface area contributed by atoms with Crippen molar-refractivity contribution in [1.29, 1.82) is 0 Å². The molecular weight excluding hydrogens is 578 g/mol. The van der Waals surface area contributed by atoms with Crippen molar-refractivity contribution in [2.24, 2.45) is 10.2 Å². The van der Waals surface area contributed by atoms with E-state index in [0.717, 1.165) is 37.4 Å². The van der Waals surface area contributed by atoms with Crippen LogP contribution >= 0.6 is 0 Å². The van der Waals surface area contributed by atoms with Gasteiger partial charge in [-0.25, -0.2) is 0 Å². The van der Waals surface area contributed by atoms with Crippen LogP contribution in [-0.4, -0.2) is 32.5 Å². The molecule has 0 saturated heterocycles. The van der Waals surface area contributed by atoms with Gasteiger partial charge in [-0.2, -0.15) is 10.2 Å². The molecule has 0 fully saturated rings. The molecule has 0 aliphatic rings. The van der Waals surface area contributed by atoms with E-state index >= 15 is 0 Å². The van der Waals surface area contributed by atoms with Crippen LogP contribution in [0.1, 0.15) is 33.5 Å². The van der Waals surface area contributed by atoms with Crippen LogP contribution in [0.15, 0.2) is 180 Å². The summed E-state index contributed by atoms with van der Waals surface area (Å²) < 4.78 is 0. The van der Waals surface area contributed by atoms with E-state index in [1.54, 1.807) is 18.3 Å². The molecule has 47 heavy (non-hydrogen) atoms. The van der Waals surface area contributed by atoms with Crippen LogP contribution in [0.4, 0.5) is 0 Å². The van der Waals surface area contributed by atoms with E-state index < -0.39 is 0 Å². The van der Waals surface area contributed by atoms with Gasteiger partial charge in [0.15, 0.2) is 0 Å². The zero-order chi connectivity index (χ0) is 32.4. The van der Waals surface area contributed by atoms with Gasteiger partial charge in [-0.1, -0.05) is 127 Å². The first-order valence-corrected chi connectivity index (χ1v) is 15.6. The number of phenols is 1. The molecule has 0 bridgehead atoms. The van der Waals surface area contributed by atoms with E-state index in [9.17, 15) is 5.11 Å². The van der Waals surface area contributed by atoms with Crippen LogP contribution in [0.25, 0.3) is 0 Å². The molecule has 6 heteroatoms. The molecule has 0 saturated carbocycles. The average Bonchev–Trinajstić information content (AvgIpc) is 3.13. The maximum Gasteiger partial charge on any atom is 0.115 e. The van der Waals surface area contributed by atoms with Crippen molar-refractivity contribution in [3.8, 4) is 5.75 Å². The number of aromatic hydroxyl groups is 1. The van der Waals surface area contributed by atoms with Gasteiger partial charge in [-0.05, 0) is 64.2 Å². The van der Waals surface area contributed by atoms with Crippen molar-refractivity contribution < 1.29 is 5.11 Å². The lowest BCUT2D eigenvalue weighted by atomic mass is 10.2. The van der Waals surface area contributed by atoms with Gasteiger partial charge in [0, 0.05) is 6.20 Å². The maximum absolute atomic E-state index is 9.37. The van der Waals surface area contributed by atoms with Crippen molar-refractivity contribution in [2.75, 3.05) is 0 Å². The topological polar surface area (TPSA) is 64.3 Å². The molecule has 1 N–H and O–H groups in total. The summed E-state index contributed by atoms with van der Waals surface area (Å²) in [7, 11) is 0. The van der Waals surface area contributed by atoms with Gasteiger partial charge in [0.05, 0.1) is 44.3 Å². The van der Waals surface area contributed by atoms with Crippen molar-refractivity contribution >= 4 is 12.4 Å². The summed E-state index contributed by atoms with van der Waals surface area (Å²) >= 11 is 0. The van der Waals surface area contributed by atoms with Crippen LogP contribution in [0, 0.1) is 0 Å². The predicted molar refractivity (Wildman–Crippen MR) is 192 cm³/mol. The second kappa shape index (κ2) is 18.1. The van der Waals surface area contributed by atoms with E-state index in [2.05, 4.69) is 93.0 Å². The summed E-state index contributed by atoms with van der Waals surface area (Å²) in [5, 5.41) is 22.7. The smallest absolute Gasteiger partial charge is 0.115 e. The highest BCUT2D eigenvalue weighted by Crippen LogP contribution is 2.13. The zero-order valence-electron chi connectivity index (χ0n) is 26.3. The van der Waals surface area contributed by atoms with E-state index in [1.807, 2.05) is 96.3 Å². The van der Waals surface area contributed by atoms with Gasteiger partial charge >= 0.3 is 0 Å². The minimum Gasteiger partial charge on any atom is -0.508 e. The summed E-state index contributed by atoms with van der Waals surface area (Å²) in [6.07, 6.45) is 5.41. The first kappa shape index (κ1) is 32.4. The number of hydrogen-bond donors (Lipinski definition) is 1. The Kier molecular flexibility index (Phi) is 12.5. The molecule has 1 aromatic heterocycles. The largest absolute Gasteiger partial charge is 0.508 e. The highest BCUT2D eigenvalue weighted by molar-refractivity contribution is 5.79. The Morgan fingerprint density at radius 2 is 0.830 bits per heavy atom. The fourth-order valence-electron chi connectivity index (χ4n) is 4.75. The molecule has 6 rings (SSSR count). The highest BCUT2D eigenvalue weighted by Gasteiger charge is 2.05. The normalized spacial score (nSPS) is 10.8. The number of phenolic OH excluding ortho intramolecular Hbond substituents is 1. The number of rotatable bonds is 12. The molecule has 1 heterocycles. The fraction of sp³-hybridized carbons (Fsp3) is 0.0976. The minimum atomic E-state index is 0.262. The van der Waals surface area contributed by atoms with E-state index in [1.165, 1.54) is 22.3 Å². The number of benzene rings is 5. The summed E-state index contributed by atoms with van der Waals surface area (Å²) in [6, 6.07) is 54.2. The lowest BCUT2D eigenvalue weighted by molar-refractivity contribution is 0.272. The zero-order valence-corrected chi connectivity index (χ0v) is 26.3. The molecule has 0 unspecified atom stereocenters. The van der Waals surface area contributed by atoms with Crippen molar-refractivity contribution in [2.45, 2.75) is 26.2 Å². The molecule has 0 aliphatic heterocycles. The highest BCUT2D eigenvalue weighted by atomic mass is 16.3. The molecule has 6 nitrogen and oxygen atoms in total.